The summed E-state index contributed by atoms with van der Waals surface area (Å²) in [6.07, 6.45) is 4.38. The molecule has 0 radical (unpaired) electrons. The number of likely N-dealkylation sites (N-methyl/N-ethyl adjacent to an activating group) is 1. The van der Waals surface area contributed by atoms with E-state index in [1.165, 1.54) is 4.90 Å². The fourth-order valence-electron chi connectivity index (χ4n) is 4.37. The Bertz CT molecular complexity index is 855. The minimum atomic E-state index is -1.79. The van der Waals surface area contributed by atoms with Gasteiger partial charge in [-0.3, -0.25) is 0 Å². The fraction of sp³-hybridized carbons (Fsp3) is 0.724. The molecule has 2 amide bonds. The van der Waals surface area contributed by atoms with Crippen LogP contribution >= 0.6 is 0 Å². The summed E-state index contributed by atoms with van der Waals surface area (Å²) in [5.41, 5.74) is 0.346. The van der Waals surface area contributed by atoms with Gasteiger partial charge in [0.2, 0.25) is 0 Å². The number of carbonyl (C=O) groups is 2. The lowest BCUT2D eigenvalue weighted by atomic mass is 9.83. The van der Waals surface area contributed by atoms with Crippen LogP contribution in [0, 0.1) is 5.92 Å². The molecule has 8 heteroatoms. The molecule has 0 aliphatic heterocycles. The molecule has 1 aromatic carbocycles. The standard InChI is InChI=1S/C29H50N2O5Si/c1-28(2,3)35-26(32)30-24(20-31(7)27(33)34-21-23-13-11-10-12-14-23)19-22-15-17-25(18-16-22)36-37(8,9)29(4,5)6/h10-14,22,24-25H,15-21H2,1-9H3,(H,30,32). The van der Waals surface area contributed by atoms with Crippen molar-refractivity contribution in [3.8, 4) is 0 Å². The van der Waals surface area contributed by atoms with Crippen molar-refractivity contribution >= 4 is 20.5 Å². The van der Waals surface area contributed by atoms with E-state index >= 15 is 0 Å². The number of amides is 2. The molecular formula is C29H50N2O5Si. The van der Waals surface area contributed by atoms with E-state index in [0.29, 0.717) is 18.6 Å². The fourth-order valence-corrected chi connectivity index (χ4v) is 5.79. The maximum atomic E-state index is 12.7. The summed E-state index contributed by atoms with van der Waals surface area (Å²) in [5.74, 6) is 0.452. The topological polar surface area (TPSA) is 77.1 Å². The second-order valence-corrected chi connectivity index (χ2v) is 17.8. The molecule has 1 aliphatic carbocycles. The van der Waals surface area contributed by atoms with E-state index in [1.807, 2.05) is 51.1 Å². The first kappa shape index (κ1) is 31.2. The second-order valence-electron chi connectivity index (χ2n) is 13.0. The Balaban J connectivity index is 1.95. The first-order chi connectivity index (χ1) is 17.1. The molecule has 1 aromatic rings. The van der Waals surface area contributed by atoms with E-state index in [1.54, 1.807) is 7.05 Å². The molecule has 2 rings (SSSR count). The van der Waals surface area contributed by atoms with Gasteiger partial charge >= 0.3 is 12.2 Å². The summed E-state index contributed by atoms with van der Waals surface area (Å²) in [5, 5.41) is 3.22. The molecule has 37 heavy (non-hydrogen) atoms. The number of nitrogens with one attached hydrogen (secondary N) is 1. The van der Waals surface area contributed by atoms with E-state index in [9.17, 15) is 9.59 Å². The number of alkyl carbamates (subject to hydrolysis) is 1. The van der Waals surface area contributed by atoms with Gasteiger partial charge in [0.25, 0.3) is 0 Å². The first-order valence-corrected chi connectivity index (χ1v) is 16.6. The van der Waals surface area contributed by atoms with Crippen LogP contribution in [-0.2, 0) is 20.5 Å². The first-order valence-electron chi connectivity index (χ1n) is 13.6. The van der Waals surface area contributed by atoms with Crippen LogP contribution < -0.4 is 5.32 Å². The van der Waals surface area contributed by atoms with Crippen molar-refractivity contribution in [2.24, 2.45) is 5.92 Å². The zero-order valence-electron chi connectivity index (χ0n) is 24.6. The molecule has 1 fully saturated rings. The van der Waals surface area contributed by atoms with Crippen LogP contribution in [0.3, 0.4) is 0 Å². The lowest BCUT2D eigenvalue weighted by molar-refractivity contribution is 0.0464. The van der Waals surface area contributed by atoms with Gasteiger partial charge in [0, 0.05) is 19.7 Å². The lowest BCUT2D eigenvalue weighted by Gasteiger charge is -2.41. The van der Waals surface area contributed by atoms with Gasteiger partial charge in [-0.05, 0) is 82.5 Å². The number of hydrogen-bond acceptors (Lipinski definition) is 5. The molecule has 0 spiro atoms. The van der Waals surface area contributed by atoms with Crippen molar-refractivity contribution in [1.82, 2.24) is 10.2 Å². The molecule has 1 unspecified atom stereocenters. The Kier molecular flexibility index (Phi) is 11.1. The second kappa shape index (κ2) is 13.1. The Labute approximate surface area is 225 Å². The van der Waals surface area contributed by atoms with Crippen LogP contribution in [0.25, 0.3) is 0 Å². The summed E-state index contributed by atoms with van der Waals surface area (Å²) in [6.45, 7) is 17.6. The molecule has 1 aliphatic rings. The predicted molar refractivity (Wildman–Crippen MR) is 151 cm³/mol. The smallest absolute Gasteiger partial charge is 0.409 e. The van der Waals surface area contributed by atoms with Gasteiger partial charge in [-0.1, -0.05) is 51.1 Å². The highest BCUT2D eigenvalue weighted by atomic mass is 28.4. The average Bonchev–Trinajstić information content (AvgIpc) is 2.77. The molecule has 7 nitrogen and oxygen atoms in total. The van der Waals surface area contributed by atoms with Gasteiger partial charge in [-0.25, -0.2) is 9.59 Å². The van der Waals surface area contributed by atoms with E-state index in [2.05, 4.69) is 39.2 Å². The number of hydrogen-bond donors (Lipinski definition) is 1. The van der Waals surface area contributed by atoms with E-state index < -0.39 is 26.1 Å². The molecule has 0 heterocycles. The Hall–Kier alpha value is -2.06. The Morgan fingerprint density at radius 2 is 1.62 bits per heavy atom. The number of carbonyl (C=O) groups excluding carboxylic acids is 2. The lowest BCUT2D eigenvalue weighted by Crippen LogP contribution is -2.47. The van der Waals surface area contributed by atoms with Gasteiger partial charge < -0.3 is 24.1 Å². The highest BCUT2D eigenvalue weighted by molar-refractivity contribution is 6.74. The Morgan fingerprint density at radius 1 is 1.03 bits per heavy atom. The average molecular weight is 535 g/mol. The van der Waals surface area contributed by atoms with Crippen LogP contribution in [-0.4, -0.2) is 56.7 Å². The van der Waals surface area contributed by atoms with Crippen molar-refractivity contribution in [1.29, 1.82) is 0 Å². The maximum absolute atomic E-state index is 12.7. The zero-order valence-corrected chi connectivity index (χ0v) is 25.6. The van der Waals surface area contributed by atoms with Gasteiger partial charge in [-0.15, -0.1) is 0 Å². The minimum absolute atomic E-state index is 0.200. The summed E-state index contributed by atoms with van der Waals surface area (Å²) >= 11 is 0. The largest absolute Gasteiger partial charge is 0.445 e. The molecule has 1 N–H and O–H groups in total. The molecule has 210 valence electrons. The van der Waals surface area contributed by atoms with Gasteiger partial charge in [0.05, 0.1) is 6.04 Å². The van der Waals surface area contributed by atoms with Crippen LogP contribution in [0.15, 0.2) is 30.3 Å². The van der Waals surface area contributed by atoms with E-state index in [0.717, 1.165) is 37.7 Å². The summed E-state index contributed by atoms with van der Waals surface area (Å²) in [7, 11) is -0.0802. The SMILES string of the molecule is CN(CC(CC1CCC(O[Si](C)(C)C(C)(C)C)CC1)NC(=O)OC(C)(C)C)C(=O)OCc1ccccc1. The van der Waals surface area contributed by atoms with Gasteiger partial charge in [-0.2, -0.15) is 0 Å². The van der Waals surface area contributed by atoms with Crippen molar-refractivity contribution < 1.29 is 23.5 Å². The predicted octanol–water partition coefficient (Wildman–Crippen LogP) is 7.12. The van der Waals surface area contributed by atoms with Gasteiger partial charge in [0.15, 0.2) is 8.32 Å². The Morgan fingerprint density at radius 3 is 2.16 bits per heavy atom. The zero-order chi connectivity index (χ0) is 27.9. The van der Waals surface area contributed by atoms with Crippen molar-refractivity contribution in [2.45, 2.75) is 116 Å². The number of ether oxygens (including phenoxy) is 2. The van der Waals surface area contributed by atoms with Crippen LogP contribution in [0.4, 0.5) is 9.59 Å². The third-order valence-electron chi connectivity index (χ3n) is 7.41. The minimum Gasteiger partial charge on any atom is -0.445 e. The monoisotopic (exact) mass is 534 g/mol. The normalized spacial score (nSPS) is 19.6. The van der Waals surface area contributed by atoms with Crippen molar-refractivity contribution in [2.75, 3.05) is 13.6 Å². The highest BCUT2D eigenvalue weighted by Crippen LogP contribution is 2.40. The van der Waals surface area contributed by atoms with Crippen LogP contribution in [0.1, 0.15) is 79.2 Å². The molecular weight excluding hydrogens is 484 g/mol. The number of nitrogens with zero attached hydrogens (tertiary/aromatic N) is 1. The number of benzene rings is 1. The van der Waals surface area contributed by atoms with Crippen LogP contribution in [0.2, 0.25) is 18.1 Å². The molecule has 1 saturated carbocycles. The van der Waals surface area contributed by atoms with Crippen LogP contribution in [0.5, 0.6) is 0 Å². The summed E-state index contributed by atoms with van der Waals surface area (Å²) in [4.78, 5) is 26.8. The van der Waals surface area contributed by atoms with Crippen molar-refractivity contribution in [3.63, 3.8) is 0 Å². The quantitative estimate of drug-likeness (QED) is 0.341. The maximum Gasteiger partial charge on any atom is 0.409 e. The third kappa shape index (κ3) is 11.1. The molecule has 0 aromatic heterocycles. The molecule has 0 bridgehead atoms. The summed E-state index contributed by atoms with van der Waals surface area (Å²) in [6, 6.07) is 9.37. The summed E-state index contributed by atoms with van der Waals surface area (Å²) < 4.78 is 17.6. The number of rotatable bonds is 9. The van der Waals surface area contributed by atoms with Crippen molar-refractivity contribution in [3.05, 3.63) is 35.9 Å². The molecule has 1 atom stereocenters. The third-order valence-corrected chi connectivity index (χ3v) is 11.9. The molecule has 0 saturated heterocycles. The van der Waals surface area contributed by atoms with E-state index in [-0.39, 0.29) is 17.7 Å². The highest BCUT2D eigenvalue weighted by Gasteiger charge is 2.40. The van der Waals surface area contributed by atoms with Gasteiger partial charge in [0.1, 0.15) is 12.2 Å². The van der Waals surface area contributed by atoms with E-state index in [4.69, 9.17) is 13.9 Å².